The first-order valence-corrected chi connectivity index (χ1v) is 8.45. The minimum absolute atomic E-state index is 0.239. The summed E-state index contributed by atoms with van der Waals surface area (Å²) in [6.45, 7) is 2.29. The molecule has 0 aromatic rings. The molecule has 3 unspecified atom stereocenters. The molecular weight excluding hydrogens is 236 g/mol. The van der Waals surface area contributed by atoms with Gasteiger partial charge in [-0.15, -0.1) is 0 Å². The van der Waals surface area contributed by atoms with Crippen molar-refractivity contribution in [2.45, 2.75) is 89.3 Å². The maximum Gasteiger partial charge on any atom is 0.0939 e. The lowest BCUT2D eigenvalue weighted by Crippen LogP contribution is -2.49. The summed E-state index contributed by atoms with van der Waals surface area (Å²) < 4.78 is 5.89. The summed E-state index contributed by atoms with van der Waals surface area (Å²) >= 11 is 0. The third-order valence-electron chi connectivity index (χ3n) is 5.74. The van der Waals surface area contributed by atoms with E-state index in [9.17, 15) is 5.11 Å². The van der Waals surface area contributed by atoms with Crippen molar-refractivity contribution in [3.63, 3.8) is 0 Å². The normalized spacial score (nSPS) is 33.6. The Morgan fingerprint density at radius 2 is 1.79 bits per heavy atom. The van der Waals surface area contributed by atoms with Gasteiger partial charge in [0.25, 0.3) is 0 Å². The van der Waals surface area contributed by atoms with E-state index >= 15 is 0 Å². The lowest BCUT2D eigenvalue weighted by molar-refractivity contribution is -0.139. The topological polar surface area (TPSA) is 29.5 Å². The van der Waals surface area contributed by atoms with Gasteiger partial charge >= 0.3 is 0 Å². The summed E-state index contributed by atoms with van der Waals surface area (Å²) in [5.74, 6) is 1.30. The lowest BCUT2D eigenvalue weighted by Gasteiger charge is -2.42. The SMILES string of the molecule is CCC1CCCC(C(O)C2(OC)CCCCCC2)C1. The predicted molar refractivity (Wildman–Crippen MR) is 79.2 cm³/mol. The molecule has 2 aliphatic carbocycles. The largest absolute Gasteiger partial charge is 0.390 e. The number of rotatable bonds is 4. The molecule has 112 valence electrons. The highest BCUT2D eigenvalue weighted by Crippen LogP contribution is 2.41. The van der Waals surface area contributed by atoms with Gasteiger partial charge in [0.05, 0.1) is 11.7 Å². The van der Waals surface area contributed by atoms with Gasteiger partial charge in [-0.3, -0.25) is 0 Å². The number of methoxy groups -OCH3 is 1. The summed E-state index contributed by atoms with van der Waals surface area (Å²) in [6, 6.07) is 0. The minimum atomic E-state index is -0.245. The van der Waals surface area contributed by atoms with E-state index in [4.69, 9.17) is 4.74 Å². The van der Waals surface area contributed by atoms with Gasteiger partial charge in [0.15, 0.2) is 0 Å². The molecule has 2 fully saturated rings. The van der Waals surface area contributed by atoms with Crippen molar-refractivity contribution in [2.24, 2.45) is 11.8 Å². The van der Waals surface area contributed by atoms with Crippen molar-refractivity contribution in [2.75, 3.05) is 7.11 Å². The lowest BCUT2D eigenvalue weighted by atomic mass is 9.71. The van der Waals surface area contributed by atoms with E-state index < -0.39 is 0 Å². The van der Waals surface area contributed by atoms with Crippen molar-refractivity contribution in [3.8, 4) is 0 Å². The summed E-state index contributed by atoms with van der Waals surface area (Å²) in [4.78, 5) is 0. The molecule has 0 heterocycles. The van der Waals surface area contributed by atoms with Crippen LogP contribution >= 0.6 is 0 Å². The molecule has 2 aliphatic rings. The Labute approximate surface area is 118 Å². The van der Waals surface area contributed by atoms with E-state index in [0.29, 0.717) is 5.92 Å². The second kappa shape index (κ2) is 7.08. The number of ether oxygens (including phenoxy) is 1. The fraction of sp³-hybridized carbons (Fsp3) is 1.00. The van der Waals surface area contributed by atoms with Crippen LogP contribution in [-0.2, 0) is 4.74 Å². The van der Waals surface area contributed by atoms with E-state index in [2.05, 4.69) is 6.92 Å². The molecule has 0 aromatic carbocycles. The molecule has 2 saturated carbocycles. The zero-order valence-electron chi connectivity index (χ0n) is 12.9. The van der Waals surface area contributed by atoms with E-state index in [1.807, 2.05) is 7.11 Å². The van der Waals surface area contributed by atoms with Gasteiger partial charge in [-0.05, 0) is 37.5 Å². The van der Waals surface area contributed by atoms with Crippen LogP contribution in [0.15, 0.2) is 0 Å². The molecule has 0 amide bonds. The van der Waals surface area contributed by atoms with Crippen LogP contribution in [0.3, 0.4) is 0 Å². The summed E-state index contributed by atoms with van der Waals surface area (Å²) in [5.41, 5.74) is -0.239. The average molecular weight is 268 g/mol. The fourth-order valence-electron chi connectivity index (χ4n) is 4.37. The van der Waals surface area contributed by atoms with Gasteiger partial charge in [0.1, 0.15) is 0 Å². The molecule has 0 spiro atoms. The van der Waals surface area contributed by atoms with Crippen LogP contribution < -0.4 is 0 Å². The maximum atomic E-state index is 11.0. The summed E-state index contributed by atoms with van der Waals surface area (Å²) in [6.07, 6.45) is 13.2. The molecule has 2 heteroatoms. The number of aliphatic hydroxyl groups excluding tert-OH is 1. The molecule has 0 bridgehead atoms. The zero-order chi connectivity index (χ0) is 13.7. The molecule has 0 radical (unpaired) electrons. The van der Waals surface area contributed by atoms with E-state index in [1.165, 1.54) is 57.8 Å². The predicted octanol–water partition coefficient (Wildman–Crippen LogP) is 4.30. The Balaban J connectivity index is 2.03. The highest BCUT2D eigenvalue weighted by Gasteiger charge is 2.43. The monoisotopic (exact) mass is 268 g/mol. The van der Waals surface area contributed by atoms with Crippen LogP contribution in [-0.4, -0.2) is 23.9 Å². The molecule has 0 aliphatic heterocycles. The van der Waals surface area contributed by atoms with Crippen LogP contribution in [0.1, 0.15) is 77.6 Å². The third kappa shape index (κ3) is 3.52. The van der Waals surface area contributed by atoms with Gasteiger partial charge in [-0.25, -0.2) is 0 Å². The molecule has 0 aromatic heterocycles. The second-order valence-electron chi connectivity index (χ2n) is 6.83. The van der Waals surface area contributed by atoms with Crippen molar-refractivity contribution in [1.29, 1.82) is 0 Å². The summed E-state index contributed by atoms with van der Waals surface area (Å²) in [7, 11) is 1.81. The minimum Gasteiger partial charge on any atom is -0.390 e. The maximum absolute atomic E-state index is 11.0. The van der Waals surface area contributed by atoms with Crippen LogP contribution in [0.2, 0.25) is 0 Å². The van der Waals surface area contributed by atoms with Crippen LogP contribution in [0.4, 0.5) is 0 Å². The zero-order valence-corrected chi connectivity index (χ0v) is 12.9. The van der Waals surface area contributed by atoms with Crippen molar-refractivity contribution < 1.29 is 9.84 Å². The van der Waals surface area contributed by atoms with Crippen molar-refractivity contribution in [1.82, 2.24) is 0 Å². The van der Waals surface area contributed by atoms with Crippen LogP contribution in [0.25, 0.3) is 0 Å². The third-order valence-corrected chi connectivity index (χ3v) is 5.74. The Morgan fingerprint density at radius 3 is 2.37 bits per heavy atom. The molecular formula is C17H32O2. The average Bonchev–Trinajstić information content (AvgIpc) is 2.73. The van der Waals surface area contributed by atoms with Gasteiger partial charge < -0.3 is 9.84 Å². The fourth-order valence-corrected chi connectivity index (χ4v) is 4.37. The summed E-state index contributed by atoms with van der Waals surface area (Å²) in [5, 5.41) is 11.0. The number of aliphatic hydroxyl groups is 1. The van der Waals surface area contributed by atoms with E-state index in [0.717, 1.165) is 18.8 Å². The van der Waals surface area contributed by atoms with Gasteiger partial charge in [0.2, 0.25) is 0 Å². The number of hydrogen-bond donors (Lipinski definition) is 1. The Kier molecular flexibility index (Phi) is 5.70. The Hall–Kier alpha value is -0.0800. The first-order chi connectivity index (χ1) is 9.22. The number of hydrogen-bond acceptors (Lipinski definition) is 2. The highest BCUT2D eigenvalue weighted by atomic mass is 16.5. The van der Waals surface area contributed by atoms with E-state index in [-0.39, 0.29) is 11.7 Å². The molecule has 2 nitrogen and oxygen atoms in total. The van der Waals surface area contributed by atoms with Crippen molar-refractivity contribution >= 4 is 0 Å². The van der Waals surface area contributed by atoms with Gasteiger partial charge in [-0.1, -0.05) is 51.9 Å². The molecule has 19 heavy (non-hydrogen) atoms. The molecule has 0 saturated heterocycles. The molecule has 3 atom stereocenters. The smallest absolute Gasteiger partial charge is 0.0939 e. The molecule has 1 N–H and O–H groups in total. The van der Waals surface area contributed by atoms with Crippen LogP contribution in [0.5, 0.6) is 0 Å². The van der Waals surface area contributed by atoms with Crippen molar-refractivity contribution in [3.05, 3.63) is 0 Å². The molecule has 2 rings (SSSR count). The highest BCUT2D eigenvalue weighted by molar-refractivity contribution is 4.94. The van der Waals surface area contributed by atoms with E-state index in [1.54, 1.807) is 0 Å². The first kappa shape index (κ1) is 15.3. The van der Waals surface area contributed by atoms with Gasteiger partial charge in [0, 0.05) is 7.11 Å². The second-order valence-corrected chi connectivity index (χ2v) is 6.83. The van der Waals surface area contributed by atoms with Crippen LogP contribution in [0, 0.1) is 11.8 Å². The first-order valence-electron chi connectivity index (χ1n) is 8.45. The quantitative estimate of drug-likeness (QED) is 0.770. The Bertz CT molecular complexity index is 256. The standard InChI is InChI=1S/C17H32O2/c1-3-14-9-8-10-15(13-14)16(18)17(19-2)11-6-4-5-7-12-17/h14-16,18H,3-13H2,1-2H3. The Morgan fingerprint density at radius 1 is 1.11 bits per heavy atom. The van der Waals surface area contributed by atoms with Gasteiger partial charge in [-0.2, -0.15) is 0 Å².